The van der Waals surface area contributed by atoms with Crippen LogP contribution in [0, 0.1) is 26.7 Å². The first-order valence-electron chi connectivity index (χ1n) is 11.0. The van der Waals surface area contributed by atoms with Gasteiger partial charge < -0.3 is 4.57 Å². The third kappa shape index (κ3) is 5.50. The minimum absolute atomic E-state index is 0.418. The third-order valence-electron chi connectivity index (χ3n) is 5.33. The summed E-state index contributed by atoms with van der Waals surface area (Å²) in [6.07, 6.45) is 4.65. The monoisotopic (exact) mass is 473 g/mol. The summed E-state index contributed by atoms with van der Waals surface area (Å²) in [5.41, 5.74) is 4.58. The Morgan fingerprint density at radius 1 is 1.16 bits per heavy atom. The maximum atomic E-state index is 13.4. The van der Waals surface area contributed by atoms with Gasteiger partial charge in [0.2, 0.25) is 0 Å². The topological polar surface area (TPSA) is 64.0 Å². The van der Waals surface area contributed by atoms with Crippen LogP contribution in [0.5, 0.6) is 0 Å². The van der Waals surface area contributed by atoms with Gasteiger partial charge in [-0.25, -0.2) is 18.1 Å². The Morgan fingerprint density at radius 2 is 1.84 bits per heavy atom. The molecule has 32 heavy (non-hydrogen) atoms. The molecule has 0 amide bonds. The predicted octanol–water partition coefficient (Wildman–Crippen LogP) is 5.86. The first-order chi connectivity index (χ1) is 14.8. The second kappa shape index (κ2) is 9.12. The van der Waals surface area contributed by atoms with Crippen molar-refractivity contribution >= 4 is 21.4 Å². The summed E-state index contributed by atoms with van der Waals surface area (Å²) in [5.74, 6) is 1.42. The summed E-state index contributed by atoms with van der Waals surface area (Å²) < 4.78 is 32.2. The lowest BCUT2D eigenvalue weighted by Gasteiger charge is -2.21. The zero-order chi connectivity index (χ0) is 23.8. The standard InChI is InChI=1S/C25H35N3O2S2/c1-16(2)13-22-18(4)23(24(31-22)32(29,30)27-25(6,7)8)21-10-9-20(14-17(21)3)15-28-12-11-26-19(28)5/h9-12,14,16,27H,13,15H2,1-8H3. The average Bonchev–Trinajstić information content (AvgIpc) is 3.17. The van der Waals surface area contributed by atoms with Crippen molar-refractivity contribution in [2.45, 2.75) is 78.1 Å². The van der Waals surface area contributed by atoms with Crippen LogP contribution in [0.4, 0.5) is 0 Å². The zero-order valence-electron chi connectivity index (χ0n) is 20.4. The summed E-state index contributed by atoms with van der Waals surface area (Å²) in [5, 5.41) is 0. The van der Waals surface area contributed by atoms with E-state index in [1.54, 1.807) is 6.20 Å². The molecule has 0 saturated heterocycles. The number of aryl methyl sites for hydroxylation is 2. The van der Waals surface area contributed by atoms with Crippen molar-refractivity contribution in [2.24, 2.45) is 5.92 Å². The van der Waals surface area contributed by atoms with Gasteiger partial charge in [-0.1, -0.05) is 32.0 Å². The number of aromatic nitrogens is 2. The van der Waals surface area contributed by atoms with Gasteiger partial charge in [-0.3, -0.25) is 0 Å². The molecule has 0 fully saturated rings. The fourth-order valence-corrected chi connectivity index (χ4v) is 7.48. The predicted molar refractivity (Wildman–Crippen MR) is 134 cm³/mol. The van der Waals surface area contributed by atoms with Crippen LogP contribution in [0.15, 0.2) is 34.8 Å². The number of rotatable bonds is 7. The molecule has 3 rings (SSSR count). The number of nitrogens with zero attached hydrogens (tertiary/aromatic N) is 2. The molecule has 2 heterocycles. The fraction of sp³-hybridized carbons (Fsp3) is 0.480. The molecule has 5 nitrogen and oxygen atoms in total. The molecular weight excluding hydrogens is 438 g/mol. The molecule has 0 unspecified atom stereocenters. The fourth-order valence-electron chi connectivity index (χ4n) is 3.92. The van der Waals surface area contributed by atoms with Gasteiger partial charge >= 0.3 is 0 Å². The number of imidazole rings is 1. The van der Waals surface area contributed by atoms with Gasteiger partial charge in [-0.15, -0.1) is 11.3 Å². The molecule has 0 bridgehead atoms. The van der Waals surface area contributed by atoms with E-state index in [9.17, 15) is 8.42 Å². The Morgan fingerprint density at radius 3 is 2.38 bits per heavy atom. The van der Waals surface area contributed by atoms with E-state index in [0.717, 1.165) is 45.9 Å². The molecule has 0 radical (unpaired) electrons. The Hall–Kier alpha value is -1.96. The molecule has 0 aliphatic rings. The highest BCUT2D eigenvalue weighted by Crippen LogP contribution is 2.42. The Bertz CT molecular complexity index is 1210. The molecule has 2 aromatic heterocycles. The van der Waals surface area contributed by atoms with Crippen molar-refractivity contribution < 1.29 is 8.42 Å². The minimum Gasteiger partial charge on any atom is -0.331 e. The second-order valence-corrected chi connectivity index (χ2v) is 13.0. The van der Waals surface area contributed by atoms with Crippen molar-refractivity contribution in [1.29, 1.82) is 0 Å². The molecule has 1 aromatic carbocycles. The number of hydrogen-bond donors (Lipinski definition) is 1. The largest absolute Gasteiger partial charge is 0.331 e. The first kappa shape index (κ1) is 24.7. The lowest BCUT2D eigenvalue weighted by Crippen LogP contribution is -2.40. The normalized spacial score (nSPS) is 12.7. The average molecular weight is 474 g/mol. The van der Waals surface area contributed by atoms with Crippen LogP contribution in [0.2, 0.25) is 0 Å². The van der Waals surface area contributed by atoms with Crippen LogP contribution in [0.25, 0.3) is 11.1 Å². The van der Waals surface area contributed by atoms with Crippen LogP contribution >= 0.6 is 11.3 Å². The van der Waals surface area contributed by atoms with E-state index in [-0.39, 0.29) is 0 Å². The number of thiophene rings is 1. The van der Waals surface area contributed by atoms with E-state index in [2.05, 4.69) is 60.2 Å². The molecule has 0 aliphatic heterocycles. The lowest BCUT2D eigenvalue weighted by atomic mass is 9.96. The Labute approximate surface area is 197 Å². The molecule has 0 atom stereocenters. The van der Waals surface area contributed by atoms with Crippen molar-refractivity contribution in [1.82, 2.24) is 14.3 Å². The lowest BCUT2D eigenvalue weighted by molar-refractivity contribution is 0.492. The van der Waals surface area contributed by atoms with Gasteiger partial charge in [-0.05, 0) is 76.1 Å². The van der Waals surface area contributed by atoms with Crippen molar-refractivity contribution in [3.8, 4) is 11.1 Å². The smallest absolute Gasteiger partial charge is 0.251 e. The van der Waals surface area contributed by atoms with E-state index in [4.69, 9.17) is 0 Å². The summed E-state index contributed by atoms with van der Waals surface area (Å²) in [4.78, 5) is 5.44. The van der Waals surface area contributed by atoms with E-state index < -0.39 is 15.6 Å². The van der Waals surface area contributed by atoms with Crippen LogP contribution in [-0.2, 0) is 23.0 Å². The van der Waals surface area contributed by atoms with Crippen molar-refractivity contribution in [3.05, 3.63) is 58.0 Å². The van der Waals surface area contributed by atoms with Crippen molar-refractivity contribution in [3.63, 3.8) is 0 Å². The minimum atomic E-state index is -3.65. The van der Waals surface area contributed by atoms with Gasteiger partial charge in [0.15, 0.2) is 0 Å². The van der Waals surface area contributed by atoms with Crippen LogP contribution < -0.4 is 4.72 Å². The molecule has 0 spiro atoms. The highest BCUT2D eigenvalue weighted by Gasteiger charge is 2.30. The van der Waals surface area contributed by atoms with E-state index in [1.165, 1.54) is 16.9 Å². The highest BCUT2D eigenvalue weighted by molar-refractivity contribution is 7.91. The van der Waals surface area contributed by atoms with Crippen LogP contribution in [0.3, 0.4) is 0 Å². The molecule has 3 aromatic rings. The molecular formula is C25H35N3O2S2. The van der Waals surface area contributed by atoms with Gasteiger partial charge in [0.1, 0.15) is 10.0 Å². The Kier molecular flexibility index (Phi) is 7.03. The molecule has 7 heteroatoms. The highest BCUT2D eigenvalue weighted by atomic mass is 32.2. The van der Waals surface area contributed by atoms with Gasteiger partial charge in [0.05, 0.1) is 0 Å². The molecule has 1 N–H and O–H groups in total. The van der Waals surface area contributed by atoms with Gasteiger partial charge in [0.25, 0.3) is 10.0 Å². The molecule has 0 aliphatic carbocycles. The summed E-state index contributed by atoms with van der Waals surface area (Å²) in [6, 6.07) is 6.32. The van der Waals surface area contributed by atoms with Gasteiger partial charge in [0, 0.05) is 34.9 Å². The molecule has 174 valence electrons. The number of benzene rings is 1. The maximum absolute atomic E-state index is 13.4. The van der Waals surface area contributed by atoms with E-state index in [1.807, 2.05) is 33.9 Å². The quantitative estimate of drug-likeness (QED) is 0.467. The zero-order valence-corrected chi connectivity index (χ0v) is 22.0. The van der Waals surface area contributed by atoms with Crippen LogP contribution in [0.1, 0.15) is 62.0 Å². The summed E-state index contributed by atoms with van der Waals surface area (Å²) in [7, 11) is -3.65. The number of sulfonamides is 1. The molecule has 0 saturated carbocycles. The van der Waals surface area contributed by atoms with E-state index in [0.29, 0.717) is 10.1 Å². The first-order valence-corrected chi connectivity index (χ1v) is 13.3. The summed E-state index contributed by atoms with van der Waals surface area (Å²) >= 11 is 1.41. The summed E-state index contributed by atoms with van der Waals surface area (Å²) in [6.45, 7) is 16.8. The number of nitrogens with one attached hydrogen (secondary N) is 1. The number of hydrogen-bond acceptors (Lipinski definition) is 4. The van der Waals surface area contributed by atoms with Crippen LogP contribution in [-0.4, -0.2) is 23.5 Å². The SMILES string of the molecule is Cc1cc(Cn2ccnc2C)ccc1-c1c(S(=O)(=O)NC(C)(C)C)sc(CC(C)C)c1C. The maximum Gasteiger partial charge on any atom is 0.251 e. The van der Waals surface area contributed by atoms with E-state index >= 15 is 0 Å². The Balaban J connectivity index is 2.11. The van der Waals surface area contributed by atoms with Gasteiger partial charge in [-0.2, -0.15) is 0 Å². The van der Waals surface area contributed by atoms with Crippen molar-refractivity contribution in [2.75, 3.05) is 0 Å². The second-order valence-electron chi connectivity index (χ2n) is 10.0. The third-order valence-corrected chi connectivity index (χ3v) is 8.92.